The Hall–Kier alpha value is -4.31. The first-order valence-electron chi connectivity index (χ1n) is 8.73. The molecule has 0 unspecified atom stereocenters. The normalized spacial score (nSPS) is 12.6. The minimum Gasteiger partial charge on any atom is -0.270 e. The second-order valence-electron chi connectivity index (χ2n) is 6.51. The first-order chi connectivity index (χ1) is 14.0. The predicted molar refractivity (Wildman–Crippen MR) is 104 cm³/mol. The molecule has 2 amide bonds. The van der Waals surface area contributed by atoms with Crippen molar-refractivity contribution >= 4 is 17.5 Å². The van der Waals surface area contributed by atoms with E-state index in [1.54, 1.807) is 24.3 Å². The number of nitrogens with zero attached hydrogens (tertiary/aromatic N) is 3. The van der Waals surface area contributed by atoms with Gasteiger partial charge in [-0.25, -0.2) is 0 Å². The number of carbonyl (C=O) groups excluding carboxylic acids is 2. The summed E-state index contributed by atoms with van der Waals surface area (Å²) in [4.78, 5) is 36.8. The SMILES string of the molecule is N#Cc1ccccc1-c1ccc(CN2C(=O)c3cccc([N+](=O)[O-])c3C2=O)cc1. The number of rotatable bonds is 4. The van der Waals surface area contributed by atoms with Gasteiger partial charge >= 0.3 is 0 Å². The number of hydrogen-bond acceptors (Lipinski definition) is 5. The van der Waals surface area contributed by atoms with Crippen LogP contribution in [-0.2, 0) is 6.54 Å². The first kappa shape index (κ1) is 18.1. The van der Waals surface area contributed by atoms with E-state index in [0.29, 0.717) is 11.1 Å². The van der Waals surface area contributed by atoms with Gasteiger partial charge < -0.3 is 0 Å². The van der Waals surface area contributed by atoms with Gasteiger partial charge in [0.15, 0.2) is 0 Å². The molecule has 0 atom stereocenters. The Morgan fingerprint density at radius 3 is 2.28 bits per heavy atom. The zero-order valence-corrected chi connectivity index (χ0v) is 15.0. The summed E-state index contributed by atoms with van der Waals surface area (Å²) in [5.74, 6) is -1.22. The molecule has 1 aliphatic rings. The molecule has 1 heterocycles. The Morgan fingerprint density at radius 1 is 0.897 bits per heavy atom. The number of amides is 2. The standard InChI is InChI=1S/C22H13N3O4/c23-12-16-4-1-2-5-17(16)15-10-8-14(9-11-15)13-24-21(26)18-6-3-7-19(25(28)29)20(18)22(24)27/h1-11H,13H2. The number of fused-ring (bicyclic) bond motifs is 1. The molecular weight excluding hydrogens is 370 g/mol. The minimum absolute atomic E-state index is 0.00365. The average molecular weight is 383 g/mol. The summed E-state index contributed by atoms with van der Waals surface area (Å²) in [6.07, 6.45) is 0. The highest BCUT2D eigenvalue weighted by Crippen LogP contribution is 2.32. The Morgan fingerprint density at radius 2 is 1.59 bits per heavy atom. The lowest BCUT2D eigenvalue weighted by atomic mass is 9.99. The van der Waals surface area contributed by atoms with Gasteiger partial charge in [0.25, 0.3) is 17.5 Å². The fraction of sp³-hybridized carbons (Fsp3) is 0.0455. The van der Waals surface area contributed by atoms with Crippen LogP contribution in [0.2, 0.25) is 0 Å². The smallest absolute Gasteiger partial charge is 0.270 e. The highest BCUT2D eigenvalue weighted by atomic mass is 16.6. The highest BCUT2D eigenvalue weighted by molar-refractivity contribution is 6.23. The zero-order chi connectivity index (χ0) is 20.5. The van der Waals surface area contributed by atoms with E-state index < -0.39 is 16.7 Å². The van der Waals surface area contributed by atoms with Gasteiger partial charge in [-0.1, -0.05) is 48.5 Å². The third-order valence-corrected chi connectivity index (χ3v) is 4.83. The van der Waals surface area contributed by atoms with Crippen molar-refractivity contribution in [1.29, 1.82) is 5.26 Å². The van der Waals surface area contributed by atoms with E-state index >= 15 is 0 Å². The van der Waals surface area contributed by atoms with E-state index in [9.17, 15) is 25.0 Å². The summed E-state index contributed by atoms with van der Waals surface area (Å²) >= 11 is 0. The lowest BCUT2D eigenvalue weighted by Crippen LogP contribution is -2.29. The van der Waals surface area contributed by atoms with Gasteiger partial charge in [-0.3, -0.25) is 24.6 Å². The molecule has 29 heavy (non-hydrogen) atoms. The third kappa shape index (κ3) is 3.03. The molecule has 0 N–H and O–H groups in total. The van der Waals surface area contributed by atoms with Crippen molar-refractivity contribution in [3.8, 4) is 17.2 Å². The fourth-order valence-corrected chi connectivity index (χ4v) is 3.42. The van der Waals surface area contributed by atoms with Crippen molar-refractivity contribution in [2.75, 3.05) is 0 Å². The number of imide groups is 1. The van der Waals surface area contributed by atoms with Crippen LogP contribution in [0.3, 0.4) is 0 Å². The molecular formula is C22H13N3O4. The second-order valence-corrected chi connectivity index (χ2v) is 6.51. The van der Waals surface area contributed by atoms with Crippen molar-refractivity contribution < 1.29 is 14.5 Å². The molecule has 0 aromatic heterocycles. The molecule has 3 aromatic carbocycles. The third-order valence-electron chi connectivity index (χ3n) is 4.83. The van der Waals surface area contributed by atoms with Crippen molar-refractivity contribution in [2.24, 2.45) is 0 Å². The van der Waals surface area contributed by atoms with Gasteiger partial charge in [0.05, 0.1) is 28.7 Å². The predicted octanol–water partition coefficient (Wildman–Crippen LogP) is 3.93. The van der Waals surface area contributed by atoms with Crippen molar-refractivity contribution in [3.63, 3.8) is 0 Å². The summed E-state index contributed by atoms with van der Waals surface area (Å²) in [5.41, 5.74) is 2.38. The first-order valence-corrected chi connectivity index (χ1v) is 8.73. The molecule has 1 aliphatic heterocycles. The summed E-state index contributed by atoms with van der Waals surface area (Å²) in [5, 5.41) is 20.5. The van der Waals surface area contributed by atoms with Crippen LogP contribution in [0.1, 0.15) is 31.8 Å². The van der Waals surface area contributed by atoms with Gasteiger partial charge in [0, 0.05) is 6.07 Å². The van der Waals surface area contributed by atoms with Crippen LogP contribution < -0.4 is 0 Å². The molecule has 0 saturated carbocycles. The maximum atomic E-state index is 12.7. The molecule has 3 aromatic rings. The van der Waals surface area contributed by atoms with Crippen LogP contribution in [0.15, 0.2) is 66.7 Å². The summed E-state index contributed by atoms with van der Waals surface area (Å²) in [6.45, 7) is 0.00365. The Labute approximate surface area is 165 Å². The van der Waals surface area contributed by atoms with Crippen LogP contribution in [-0.4, -0.2) is 21.6 Å². The maximum Gasteiger partial charge on any atom is 0.282 e. The summed E-state index contributed by atoms with van der Waals surface area (Å²) < 4.78 is 0. The highest BCUT2D eigenvalue weighted by Gasteiger charge is 2.40. The number of benzene rings is 3. The van der Waals surface area contributed by atoms with Crippen molar-refractivity contribution in [2.45, 2.75) is 6.54 Å². The van der Waals surface area contributed by atoms with Gasteiger partial charge in [0.2, 0.25) is 0 Å². The number of nitriles is 1. The summed E-state index contributed by atoms with van der Waals surface area (Å²) in [7, 11) is 0. The van der Waals surface area contributed by atoms with Crippen molar-refractivity contribution in [1.82, 2.24) is 4.90 Å². The minimum atomic E-state index is -0.670. The van der Waals surface area contributed by atoms with Crippen LogP contribution in [0, 0.1) is 21.4 Å². The molecule has 0 aliphatic carbocycles. The average Bonchev–Trinajstić information content (AvgIpc) is 2.99. The van der Waals surface area contributed by atoms with E-state index in [-0.39, 0.29) is 23.4 Å². The number of carbonyl (C=O) groups is 2. The molecule has 0 spiro atoms. The topological polar surface area (TPSA) is 104 Å². The molecule has 0 fully saturated rings. The second kappa shape index (κ2) is 7.02. The van der Waals surface area contributed by atoms with Crippen molar-refractivity contribution in [3.05, 3.63) is 99.1 Å². The van der Waals surface area contributed by atoms with Gasteiger partial charge in [-0.15, -0.1) is 0 Å². The molecule has 0 radical (unpaired) electrons. The number of nitro benzene ring substituents is 1. The molecule has 0 saturated heterocycles. The van der Waals surface area contributed by atoms with Gasteiger partial charge in [-0.05, 0) is 28.8 Å². The quantitative estimate of drug-likeness (QED) is 0.386. The van der Waals surface area contributed by atoms with E-state index in [0.717, 1.165) is 16.0 Å². The van der Waals surface area contributed by atoms with Crippen LogP contribution in [0.5, 0.6) is 0 Å². The Bertz CT molecular complexity index is 1210. The lowest BCUT2D eigenvalue weighted by Gasteiger charge is -2.14. The number of nitro groups is 1. The van der Waals surface area contributed by atoms with Gasteiger partial charge in [-0.2, -0.15) is 5.26 Å². The van der Waals surface area contributed by atoms with Crippen LogP contribution >= 0.6 is 0 Å². The van der Waals surface area contributed by atoms with Gasteiger partial charge in [0.1, 0.15) is 5.56 Å². The summed E-state index contributed by atoms with van der Waals surface area (Å²) in [6, 6.07) is 20.5. The Kier molecular flexibility index (Phi) is 4.37. The molecule has 0 bridgehead atoms. The number of hydrogen-bond donors (Lipinski definition) is 0. The van der Waals surface area contributed by atoms with E-state index in [1.165, 1.54) is 18.2 Å². The molecule has 7 nitrogen and oxygen atoms in total. The lowest BCUT2D eigenvalue weighted by molar-refractivity contribution is -0.385. The Balaban J connectivity index is 1.62. The largest absolute Gasteiger partial charge is 0.282 e. The molecule has 4 rings (SSSR count). The zero-order valence-electron chi connectivity index (χ0n) is 15.0. The van der Waals surface area contributed by atoms with E-state index in [1.807, 2.05) is 24.3 Å². The van der Waals surface area contributed by atoms with Crippen LogP contribution in [0.4, 0.5) is 5.69 Å². The van der Waals surface area contributed by atoms with Crippen LogP contribution in [0.25, 0.3) is 11.1 Å². The molecule has 140 valence electrons. The molecule has 7 heteroatoms. The van der Waals surface area contributed by atoms with E-state index in [2.05, 4.69) is 6.07 Å². The monoisotopic (exact) mass is 383 g/mol. The maximum absolute atomic E-state index is 12.7. The van der Waals surface area contributed by atoms with E-state index in [4.69, 9.17) is 0 Å². The fourth-order valence-electron chi connectivity index (χ4n) is 3.42.